The number of hydrogen-bond donors (Lipinski definition) is 3. The Kier molecular flexibility index (Phi) is 5.54. The summed E-state index contributed by atoms with van der Waals surface area (Å²) >= 11 is 0. The lowest BCUT2D eigenvalue weighted by atomic mass is 9.90. The third kappa shape index (κ3) is 4.07. The summed E-state index contributed by atoms with van der Waals surface area (Å²) in [6.45, 7) is 3.62. The predicted octanol–water partition coefficient (Wildman–Crippen LogP) is 2.60. The third-order valence-corrected chi connectivity index (χ3v) is 6.90. The van der Waals surface area contributed by atoms with Gasteiger partial charge in [0, 0.05) is 0 Å². The van der Waals surface area contributed by atoms with E-state index < -0.39 is 21.7 Å². The molecule has 8 heteroatoms. The van der Waals surface area contributed by atoms with Crippen molar-refractivity contribution in [1.29, 1.82) is 0 Å². The zero-order chi connectivity index (χ0) is 20.5. The molecule has 1 aliphatic rings. The van der Waals surface area contributed by atoms with E-state index in [9.17, 15) is 23.4 Å². The van der Waals surface area contributed by atoms with Gasteiger partial charge in [-0.1, -0.05) is 32.0 Å². The minimum Gasteiger partial charge on any atom is -0.506 e. The summed E-state index contributed by atoms with van der Waals surface area (Å²) in [6.07, 6.45) is 3.80. The van der Waals surface area contributed by atoms with Gasteiger partial charge in [0.25, 0.3) is 5.91 Å². The van der Waals surface area contributed by atoms with Crippen molar-refractivity contribution in [3.8, 4) is 5.75 Å². The van der Waals surface area contributed by atoms with E-state index in [-0.39, 0.29) is 18.0 Å². The number of nitrogens with zero attached hydrogens (tertiary/aromatic N) is 1. The minimum absolute atomic E-state index is 0.0781. The fourth-order valence-corrected chi connectivity index (χ4v) is 4.72. The van der Waals surface area contributed by atoms with Gasteiger partial charge in [-0.25, -0.2) is 9.03 Å². The average Bonchev–Trinajstić information content (AvgIpc) is 2.93. The second-order valence-electron chi connectivity index (χ2n) is 7.34. The van der Waals surface area contributed by atoms with Crippen molar-refractivity contribution in [2.45, 2.75) is 51.6 Å². The van der Waals surface area contributed by atoms with E-state index in [0.29, 0.717) is 0 Å². The first-order valence-corrected chi connectivity index (χ1v) is 10.9. The summed E-state index contributed by atoms with van der Waals surface area (Å²) < 4.78 is 26.9. The maximum absolute atomic E-state index is 12.1. The number of rotatable bonds is 7. The first-order chi connectivity index (χ1) is 13.2. The Morgan fingerprint density at radius 3 is 2.46 bits per heavy atom. The number of phenols is 1. The van der Waals surface area contributed by atoms with Gasteiger partial charge in [-0.3, -0.25) is 4.79 Å². The molecular formula is C20H26N2O5S. The lowest BCUT2D eigenvalue weighted by Crippen LogP contribution is -2.29. The zero-order valence-corrected chi connectivity index (χ0v) is 16.9. The highest BCUT2D eigenvalue weighted by Gasteiger charge is 2.35. The number of amides is 1. The number of benzene rings is 2. The lowest BCUT2D eigenvalue weighted by Gasteiger charge is -2.25. The molecule has 0 spiro atoms. The molecule has 2 aromatic rings. The largest absolute Gasteiger partial charge is 0.506 e. The van der Waals surface area contributed by atoms with Crippen molar-refractivity contribution in [1.82, 2.24) is 4.72 Å². The van der Waals surface area contributed by atoms with E-state index in [1.165, 1.54) is 6.07 Å². The topological polar surface area (TPSA) is 107 Å². The van der Waals surface area contributed by atoms with Gasteiger partial charge in [-0.05, 0) is 60.6 Å². The van der Waals surface area contributed by atoms with Crippen LogP contribution in [-0.4, -0.2) is 36.7 Å². The van der Waals surface area contributed by atoms with Crippen LogP contribution in [0.2, 0.25) is 0 Å². The second kappa shape index (κ2) is 7.60. The molecule has 1 amide bonds. The highest BCUT2D eigenvalue weighted by Crippen LogP contribution is 2.35. The summed E-state index contributed by atoms with van der Waals surface area (Å²) in [5.74, 6) is -0.830. The molecular weight excluding hydrogens is 380 g/mol. The van der Waals surface area contributed by atoms with Gasteiger partial charge in [0.2, 0.25) is 0 Å². The van der Waals surface area contributed by atoms with Crippen LogP contribution in [0.4, 0.5) is 5.69 Å². The molecule has 0 atom stereocenters. The van der Waals surface area contributed by atoms with Gasteiger partial charge < -0.3 is 10.2 Å². The van der Waals surface area contributed by atoms with E-state index >= 15 is 0 Å². The molecule has 3 N–H and O–H groups in total. The molecule has 1 saturated heterocycles. The molecule has 7 nitrogen and oxygen atoms in total. The Hall–Kier alpha value is -2.32. The van der Waals surface area contributed by atoms with E-state index in [4.69, 9.17) is 0 Å². The van der Waals surface area contributed by atoms with Crippen LogP contribution in [0.25, 0.3) is 10.8 Å². The Morgan fingerprint density at radius 2 is 1.86 bits per heavy atom. The number of anilines is 1. The number of carbonyl (C=O) groups excluding carboxylic acids is 1. The monoisotopic (exact) mass is 406 g/mol. The molecule has 0 saturated carbocycles. The minimum atomic E-state index is -3.98. The third-order valence-electron chi connectivity index (χ3n) is 5.51. The molecule has 0 bridgehead atoms. The van der Waals surface area contributed by atoms with Crippen LogP contribution in [0, 0.1) is 0 Å². The number of fused-ring (bicyclic) bond motifs is 1. The van der Waals surface area contributed by atoms with Crippen molar-refractivity contribution in [2.24, 2.45) is 0 Å². The molecule has 28 heavy (non-hydrogen) atoms. The highest BCUT2D eigenvalue weighted by atomic mass is 32.2. The van der Waals surface area contributed by atoms with Gasteiger partial charge in [-0.2, -0.15) is 8.42 Å². The van der Waals surface area contributed by atoms with Gasteiger partial charge in [-0.15, -0.1) is 0 Å². The Balaban J connectivity index is 1.85. The van der Waals surface area contributed by atoms with Crippen molar-refractivity contribution in [2.75, 3.05) is 10.8 Å². The van der Waals surface area contributed by atoms with Crippen molar-refractivity contribution in [3.63, 3.8) is 0 Å². The van der Waals surface area contributed by atoms with Gasteiger partial charge >= 0.3 is 10.2 Å². The van der Waals surface area contributed by atoms with Crippen LogP contribution >= 0.6 is 0 Å². The quantitative estimate of drug-likeness (QED) is 0.655. The summed E-state index contributed by atoms with van der Waals surface area (Å²) in [4.78, 5) is 11.5. The molecule has 0 aromatic heterocycles. The standard InChI is InChI=1S/C20H26N2O5S/c1-3-20(25,4-2)9-5-6-14-7-8-15-12-18(23)17(11-16(15)10-14)22-13-19(24)21-28(22,26)27/h7-8,10-12,23,25H,3-6,9,13H2,1-2H3,(H,21,24). The summed E-state index contributed by atoms with van der Waals surface area (Å²) in [5, 5.41) is 22.2. The van der Waals surface area contributed by atoms with Crippen LogP contribution in [-0.2, 0) is 21.4 Å². The van der Waals surface area contributed by atoms with E-state index in [1.54, 1.807) is 6.07 Å². The number of aromatic hydroxyl groups is 1. The Morgan fingerprint density at radius 1 is 1.14 bits per heavy atom. The molecule has 152 valence electrons. The number of nitrogens with one attached hydrogen (secondary N) is 1. The van der Waals surface area contributed by atoms with Crippen LogP contribution in [0.3, 0.4) is 0 Å². The number of hydrogen-bond acceptors (Lipinski definition) is 5. The predicted molar refractivity (Wildman–Crippen MR) is 108 cm³/mol. The molecule has 1 heterocycles. The molecule has 1 fully saturated rings. The summed E-state index contributed by atoms with van der Waals surface area (Å²) in [6, 6.07) is 8.88. The second-order valence-corrected chi connectivity index (χ2v) is 8.94. The van der Waals surface area contributed by atoms with Crippen LogP contribution in [0.15, 0.2) is 30.3 Å². The van der Waals surface area contributed by atoms with Gasteiger partial charge in [0.1, 0.15) is 12.3 Å². The van der Waals surface area contributed by atoms with Crippen LogP contribution in [0.5, 0.6) is 5.75 Å². The number of phenolic OH excluding ortho intramolecular Hbond substituents is 1. The smallest absolute Gasteiger partial charge is 0.326 e. The van der Waals surface area contributed by atoms with Crippen LogP contribution in [0.1, 0.15) is 45.1 Å². The van der Waals surface area contributed by atoms with E-state index in [2.05, 4.69) is 0 Å². The van der Waals surface area contributed by atoms with Crippen molar-refractivity contribution < 1.29 is 23.4 Å². The molecule has 2 aromatic carbocycles. The van der Waals surface area contributed by atoms with Gasteiger partial charge in [0.05, 0.1) is 11.3 Å². The van der Waals surface area contributed by atoms with E-state index in [1.807, 2.05) is 36.8 Å². The van der Waals surface area contributed by atoms with Crippen molar-refractivity contribution in [3.05, 3.63) is 35.9 Å². The highest BCUT2D eigenvalue weighted by molar-refractivity contribution is 7.92. The first-order valence-electron chi connectivity index (χ1n) is 9.49. The summed E-state index contributed by atoms with van der Waals surface area (Å²) in [5.41, 5.74) is 0.519. The fraction of sp³-hybridized carbons (Fsp3) is 0.450. The molecule has 3 rings (SSSR count). The molecule has 0 unspecified atom stereocenters. The Bertz CT molecular complexity index is 999. The number of carbonyl (C=O) groups is 1. The number of aryl methyl sites for hydroxylation is 1. The van der Waals surface area contributed by atoms with Gasteiger partial charge in [0.15, 0.2) is 0 Å². The SMILES string of the molecule is CCC(O)(CC)CCCc1ccc2cc(O)c(N3CC(=O)NS3(=O)=O)cc2c1. The lowest BCUT2D eigenvalue weighted by molar-refractivity contribution is -0.117. The maximum Gasteiger partial charge on any atom is 0.326 e. The molecule has 0 radical (unpaired) electrons. The summed E-state index contributed by atoms with van der Waals surface area (Å²) in [7, 11) is -3.98. The first kappa shape index (κ1) is 20.4. The van der Waals surface area contributed by atoms with Crippen molar-refractivity contribution >= 4 is 32.6 Å². The number of aliphatic hydroxyl groups is 1. The molecule has 1 aliphatic heterocycles. The maximum atomic E-state index is 12.1. The molecule has 0 aliphatic carbocycles. The van der Waals surface area contributed by atoms with E-state index in [0.717, 1.165) is 52.7 Å². The normalized spacial score (nSPS) is 16.5. The zero-order valence-electron chi connectivity index (χ0n) is 16.1. The fourth-order valence-electron chi connectivity index (χ4n) is 3.56. The van der Waals surface area contributed by atoms with Crippen LogP contribution < -0.4 is 9.03 Å². The Labute approximate surface area is 165 Å². The average molecular weight is 407 g/mol.